The molecular formula is C23H22O7. The van der Waals surface area contributed by atoms with Gasteiger partial charge in [-0.25, -0.2) is 0 Å². The minimum absolute atomic E-state index is 0.0174. The molecule has 0 fully saturated rings. The van der Waals surface area contributed by atoms with E-state index >= 15 is 0 Å². The van der Waals surface area contributed by atoms with Gasteiger partial charge >= 0.3 is 0 Å². The Hall–Kier alpha value is -3.19. The van der Waals surface area contributed by atoms with Crippen molar-refractivity contribution in [1.29, 1.82) is 0 Å². The molecule has 0 amide bonds. The van der Waals surface area contributed by atoms with Crippen molar-refractivity contribution >= 4 is 22.9 Å². The van der Waals surface area contributed by atoms with Crippen molar-refractivity contribution in [3.63, 3.8) is 0 Å². The molecule has 0 aromatic heterocycles. The fourth-order valence-corrected chi connectivity index (χ4v) is 5.13. The van der Waals surface area contributed by atoms with Crippen LogP contribution in [0.15, 0.2) is 41.4 Å². The van der Waals surface area contributed by atoms with Crippen molar-refractivity contribution in [2.24, 2.45) is 11.8 Å². The van der Waals surface area contributed by atoms with Gasteiger partial charge in [-0.2, -0.15) is 0 Å². The molecule has 0 radical (unpaired) electrons. The zero-order valence-electron chi connectivity index (χ0n) is 16.7. The second kappa shape index (κ2) is 6.40. The predicted octanol–water partition coefficient (Wildman–Crippen LogP) is 2.72. The second-order valence-corrected chi connectivity index (χ2v) is 8.37. The Balaban J connectivity index is 1.93. The average molecular weight is 410 g/mol. The highest BCUT2D eigenvalue weighted by Gasteiger charge is 2.59. The summed E-state index contributed by atoms with van der Waals surface area (Å²) in [6.07, 6.45) is 0.272. The molecule has 1 aromatic rings. The number of Topliss-reactive ketones (excluding diaryl/α,β-unsaturated/α-hetero) is 3. The molecule has 0 saturated carbocycles. The van der Waals surface area contributed by atoms with E-state index in [0.29, 0.717) is 17.6 Å². The van der Waals surface area contributed by atoms with Crippen molar-refractivity contribution in [3.05, 3.63) is 58.1 Å². The van der Waals surface area contributed by atoms with Gasteiger partial charge in [0.2, 0.25) is 5.78 Å². The summed E-state index contributed by atoms with van der Waals surface area (Å²) in [5.41, 5.74) is -1.11. The molecule has 156 valence electrons. The molecule has 4 N–H and O–H groups in total. The van der Waals surface area contributed by atoms with E-state index in [1.165, 1.54) is 6.07 Å². The molecule has 3 unspecified atom stereocenters. The van der Waals surface area contributed by atoms with E-state index in [1.807, 2.05) is 0 Å². The van der Waals surface area contributed by atoms with Crippen LogP contribution in [0.1, 0.15) is 48.2 Å². The molecular weight excluding hydrogens is 388 g/mol. The highest BCUT2D eigenvalue weighted by molar-refractivity contribution is 6.25. The molecule has 3 aliphatic carbocycles. The first kappa shape index (κ1) is 20.1. The molecule has 3 atom stereocenters. The Bertz CT molecular complexity index is 1120. The van der Waals surface area contributed by atoms with Gasteiger partial charge in [-0.15, -0.1) is 0 Å². The number of fused-ring (bicyclic) bond motifs is 3. The van der Waals surface area contributed by atoms with E-state index in [-0.39, 0.29) is 29.7 Å². The van der Waals surface area contributed by atoms with Gasteiger partial charge in [0.25, 0.3) is 0 Å². The lowest BCUT2D eigenvalue weighted by Crippen LogP contribution is -2.56. The number of carbonyl (C=O) groups is 3. The summed E-state index contributed by atoms with van der Waals surface area (Å²) in [5.74, 6) is -5.38. The first-order chi connectivity index (χ1) is 14.0. The molecule has 0 bridgehead atoms. The van der Waals surface area contributed by atoms with Crippen molar-refractivity contribution in [2.75, 3.05) is 0 Å². The third kappa shape index (κ3) is 2.45. The average Bonchev–Trinajstić information content (AvgIpc) is 2.64. The maximum Gasteiger partial charge on any atom is 0.209 e. The molecule has 1 aromatic carbocycles. The zero-order chi connectivity index (χ0) is 22.1. The topological polar surface area (TPSA) is 132 Å². The Morgan fingerprint density at radius 1 is 1.13 bits per heavy atom. The summed E-state index contributed by atoms with van der Waals surface area (Å²) in [6, 6.07) is 3.05. The van der Waals surface area contributed by atoms with Crippen LogP contribution in [0.2, 0.25) is 0 Å². The number of ketones is 3. The van der Waals surface area contributed by atoms with Crippen LogP contribution in [-0.4, -0.2) is 43.4 Å². The van der Waals surface area contributed by atoms with Crippen molar-refractivity contribution < 1.29 is 34.8 Å². The number of benzene rings is 1. The van der Waals surface area contributed by atoms with Gasteiger partial charge in [-0.05, 0) is 49.8 Å². The maximum absolute atomic E-state index is 13.3. The first-order valence-electron chi connectivity index (χ1n) is 9.69. The Morgan fingerprint density at radius 2 is 1.80 bits per heavy atom. The zero-order valence-corrected chi connectivity index (χ0v) is 16.7. The number of carbonyl (C=O) groups excluding carboxylic acids is 3. The van der Waals surface area contributed by atoms with Crippen molar-refractivity contribution in [1.82, 2.24) is 0 Å². The molecule has 0 spiro atoms. The Labute approximate surface area is 172 Å². The number of aromatic hydroxyl groups is 1. The largest absolute Gasteiger partial charge is 0.511 e. The molecule has 0 heterocycles. The van der Waals surface area contributed by atoms with Gasteiger partial charge in [0, 0.05) is 17.9 Å². The Morgan fingerprint density at radius 3 is 2.40 bits per heavy atom. The number of aliphatic hydroxyl groups excluding tert-OH is 2. The molecule has 3 aliphatic rings. The predicted molar refractivity (Wildman–Crippen MR) is 107 cm³/mol. The minimum atomic E-state index is -2.46. The number of phenols is 1. The summed E-state index contributed by atoms with van der Waals surface area (Å²) in [5, 5.41) is 42.7. The van der Waals surface area contributed by atoms with Crippen molar-refractivity contribution in [3.8, 4) is 5.75 Å². The van der Waals surface area contributed by atoms with Crippen LogP contribution < -0.4 is 0 Å². The smallest absolute Gasteiger partial charge is 0.209 e. The van der Waals surface area contributed by atoms with E-state index < -0.39 is 51.9 Å². The quantitative estimate of drug-likeness (QED) is 0.551. The number of allylic oxidation sites excluding steroid dienone is 3. The van der Waals surface area contributed by atoms with Crippen LogP contribution in [0.3, 0.4) is 0 Å². The van der Waals surface area contributed by atoms with Gasteiger partial charge in [0.05, 0.1) is 5.56 Å². The summed E-state index contributed by atoms with van der Waals surface area (Å²) >= 11 is 0. The van der Waals surface area contributed by atoms with Crippen LogP contribution >= 0.6 is 0 Å². The highest BCUT2D eigenvalue weighted by Crippen LogP contribution is 2.51. The number of hydrogen-bond acceptors (Lipinski definition) is 7. The molecule has 7 nitrogen and oxygen atoms in total. The van der Waals surface area contributed by atoms with Gasteiger partial charge < -0.3 is 20.4 Å². The highest BCUT2D eigenvalue weighted by atomic mass is 16.3. The summed E-state index contributed by atoms with van der Waals surface area (Å²) in [7, 11) is 0. The molecule has 7 heteroatoms. The fraction of sp³-hybridized carbons (Fsp3) is 0.348. The van der Waals surface area contributed by atoms with Crippen molar-refractivity contribution in [2.45, 2.75) is 38.7 Å². The Kier molecular flexibility index (Phi) is 4.29. The lowest BCUT2D eigenvalue weighted by molar-refractivity contribution is -0.144. The van der Waals surface area contributed by atoms with E-state index in [1.54, 1.807) is 13.0 Å². The third-order valence-electron chi connectivity index (χ3n) is 6.51. The number of phenolic OH excluding ortho intramolecular Hbond substituents is 1. The first-order valence-corrected chi connectivity index (χ1v) is 9.69. The van der Waals surface area contributed by atoms with E-state index in [0.717, 1.165) is 12.5 Å². The number of hydrogen-bond donors (Lipinski definition) is 4. The van der Waals surface area contributed by atoms with Crippen LogP contribution in [0.4, 0.5) is 0 Å². The van der Waals surface area contributed by atoms with Crippen LogP contribution in [0, 0.1) is 11.8 Å². The van der Waals surface area contributed by atoms with Crippen LogP contribution in [0.25, 0.3) is 5.57 Å². The minimum Gasteiger partial charge on any atom is -0.511 e. The van der Waals surface area contributed by atoms with E-state index in [9.17, 15) is 34.8 Å². The SMILES string of the molecule is C=C(C)c1ccc(O)c2c1CC1CC3CC(O)=C(C(C)=O)C(=O)C3(O)C(O)=C1C2=O. The molecule has 0 aliphatic heterocycles. The number of aliphatic hydroxyl groups is 3. The fourth-order valence-electron chi connectivity index (χ4n) is 5.13. The third-order valence-corrected chi connectivity index (χ3v) is 6.51. The second-order valence-electron chi connectivity index (χ2n) is 8.37. The summed E-state index contributed by atoms with van der Waals surface area (Å²) in [4.78, 5) is 38.1. The molecule has 30 heavy (non-hydrogen) atoms. The normalized spacial score (nSPS) is 28.1. The van der Waals surface area contributed by atoms with E-state index in [2.05, 4.69) is 6.58 Å². The maximum atomic E-state index is 13.3. The van der Waals surface area contributed by atoms with Crippen LogP contribution in [0.5, 0.6) is 5.75 Å². The lowest BCUT2D eigenvalue weighted by atomic mass is 9.60. The van der Waals surface area contributed by atoms with Gasteiger partial charge in [-0.3, -0.25) is 14.4 Å². The summed E-state index contributed by atoms with van der Waals surface area (Å²) < 4.78 is 0. The molecule has 0 saturated heterocycles. The van der Waals surface area contributed by atoms with Crippen LogP contribution in [-0.2, 0) is 16.0 Å². The lowest BCUT2D eigenvalue weighted by Gasteiger charge is -2.45. The van der Waals surface area contributed by atoms with Gasteiger partial charge in [0.1, 0.15) is 22.8 Å². The molecule has 4 rings (SSSR count). The number of rotatable bonds is 2. The summed E-state index contributed by atoms with van der Waals surface area (Å²) in [6.45, 7) is 6.79. The van der Waals surface area contributed by atoms with Gasteiger partial charge in [-0.1, -0.05) is 18.2 Å². The monoisotopic (exact) mass is 410 g/mol. The van der Waals surface area contributed by atoms with E-state index in [4.69, 9.17) is 0 Å². The van der Waals surface area contributed by atoms with Gasteiger partial charge in [0.15, 0.2) is 17.2 Å². The standard InChI is InChI=1S/C23H22O7/c1-9(2)13-4-5-15(25)19-14(13)7-11-6-12-8-16(26)17(10(3)24)21(28)23(12,30)22(29)18(11)20(19)27/h4-5,11-12,25-26,29-30H,1,6-8H2,2-3H3.